The molecule has 1 rings (SSSR count). The number of nitrogens with zero attached hydrogens (tertiary/aromatic N) is 2. The van der Waals surface area contributed by atoms with Gasteiger partial charge in [-0.15, -0.1) is 0 Å². The lowest BCUT2D eigenvalue weighted by Crippen LogP contribution is -2.47. The Bertz CT molecular complexity index is 540. The van der Waals surface area contributed by atoms with E-state index in [1.807, 2.05) is 6.07 Å². The van der Waals surface area contributed by atoms with Crippen LogP contribution in [0.1, 0.15) is 54.4 Å². The summed E-state index contributed by atoms with van der Waals surface area (Å²) in [7, 11) is -2.16. The first-order valence-corrected chi connectivity index (χ1v) is 11.2. The zero-order valence-corrected chi connectivity index (χ0v) is 17.1. The summed E-state index contributed by atoms with van der Waals surface area (Å²) in [6.07, 6.45) is -0.952. The van der Waals surface area contributed by atoms with Crippen LogP contribution in [0.2, 0.25) is 18.1 Å². The van der Waals surface area contributed by atoms with Crippen LogP contribution in [-0.4, -0.2) is 43.0 Å². The molecule has 0 aromatic rings. The zero-order valence-electron chi connectivity index (χ0n) is 16.1. The predicted molar refractivity (Wildman–Crippen MR) is 93.8 cm³/mol. The van der Waals surface area contributed by atoms with E-state index in [4.69, 9.17) is 14.4 Å². The number of carbonyl (C=O) groups is 2. The number of likely N-dealkylation sites (tertiary alicyclic amines) is 1. The van der Waals surface area contributed by atoms with Crippen molar-refractivity contribution in [3.05, 3.63) is 0 Å². The largest absolute Gasteiger partial charge is 0.443 e. The fourth-order valence-corrected chi connectivity index (χ4v) is 3.51. The Balaban J connectivity index is 3.00. The van der Waals surface area contributed by atoms with E-state index in [-0.39, 0.29) is 11.5 Å². The first-order chi connectivity index (χ1) is 10.7. The minimum Gasteiger partial charge on any atom is -0.443 e. The molecule has 1 aliphatic rings. The van der Waals surface area contributed by atoms with Crippen LogP contribution in [0.15, 0.2) is 0 Å². The van der Waals surface area contributed by atoms with E-state index < -0.39 is 38.1 Å². The SMILES string of the molecule is CC(C)(C)OC(=O)N1C(=O)[C@H](O[Si](C)(C)C(C)(C)C)C[C@H]1CC#N. The topological polar surface area (TPSA) is 79.6 Å². The van der Waals surface area contributed by atoms with Crippen LogP contribution in [-0.2, 0) is 14.0 Å². The fourth-order valence-electron chi connectivity index (χ4n) is 2.25. The fraction of sp³-hybridized carbons (Fsp3) is 0.824. The molecular formula is C17H30N2O4Si. The van der Waals surface area contributed by atoms with Gasteiger partial charge in [-0.05, 0) is 38.9 Å². The highest BCUT2D eigenvalue weighted by atomic mass is 28.4. The van der Waals surface area contributed by atoms with Crippen molar-refractivity contribution in [3.8, 4) is 6.07 Å². The van der Waals surface area contributed by atoms with Crippen molar-refractivity contribution in [3.63, 3.8) is 0 Å². The van der Waals surface area contributed by atoms with Gasteiger partial charge < -0.3 is 9.16 Å². The van der Waals surface area contributed by atoms with Gasteiger partial charge in [0.25, 0.3) is 5.91 Å². The number of imide groups is 1. The van der Waals surface area contributed by atoms with Gasteiger partial charge in [0.2, 0.25) is 0 Å². The Kier molecular flexibility index (Phi) is 5.89. The first-order valence-electron chi connectivity index (χ1n) is 8.30. The molecule has 24 heavy (non-hydrogen) atoms. The lowest BCUT2D eigenvalue weighted by molar-refractivity contribution is -0.133. The van der Waals surface area contributed by atoms with Crippen molar-refractivity contribution in [2.45, 2.75) is 90.3 Å². The Morgan fingerprint density at radius 2 is 1.83 bits per heavy atom. The van der Waals surface area contributed by atoms with Crippen molar-refractivity contribution in [2.24, 2.45) is 0 Å². The molecule has 0 unspecified atom stereocenters. The quantitative estimate of drug-likeness (QED) is 0.720. The summed E-state index contributed by atoms with van der Waals surface area (Å²) in [5, 5.41) is 8.98. The number of hydrogen-bond donors (Lipinski definition) is 0. The molecule has 2 atom stereocenters. The maximum atomic E-state index is 12.7. The van der Waals surface area contributed by atoms with E-state index in [2.05, 4.69) is 33.9 Å². The van der Waals surface area contributed by atoms with E-state index >= 15 is 0 Å². The molecule has 0 aromatic heterocycles. The number of hydrogen-bond acceptors (Lipinski definition) is 5. The molecule has 1 fully saturated rings. The summed E-state index contributed by atoms with van der Waals surface area (Å²) in [4.78, 5) is 26.2. The number of carbonyl (C=O) groups excluding carboxylic acids is 2. The highest BCUT2D eigenvalue weighted by Gasteiger charge is 2.49. The summed E-state index contributed by atoms with van der Waals surface area (Å²) in [5.74, 6) is -0.394. The van der Waals surface area contributed by atoms with Crippen molar-refractivity contribution in [2.75, 3.05) is 0 Å². The van der Waals surface area contributed by atoms with Gasteiger partial charge in [-0.25, -0.2) is 9.69 Å². The molecule has 1 saturated heterocycles. The molecule has 6 nitrogen and oxygen atoms in total. The summed E-state index contributed by atoms with van der Waals surface area (Å²) < 4.78 is 11.5. The molecule has 0 saturated carbocycles. The smallest absolute Gasteiger partial charge is 0.417 e. The Labute approximate surface area is 146 Å². The van der Waals surface area contributed by atoms with E-state index in [9.17, 15) is 9.59 Å². The standard InChI is InChI=1S/C17H30N2O4Si/c1-16(2,3)22-15(21)19-12(9-10-18)11-13(14(19)20)23-24(7,8)17(4,5)6/h12-13H,9,11H2,1-8H3/t12-,13-/m1/s1. The molecule has 0 aliphatic carbocycles. The van der Waals surface area contributed by atoms with Gasteiger partial charge in [0.15, 0.2) is 8.32 Å². The van der Waals surface area contributed by atoms with E-state index in [0.717, 1.165) is 4.90 Å². The lowest BCUT2D eigenvalue weighted by atomic mass is 10.1. The van der Waals surface area contributed by atoms with Crippen molar-refractivity contribution >= 4 is 20.3 Å². The average molecular weight is 355 g/mol. The van der Waals surface area contributed by atoms with Crippen LogP contribution >= 0.6 is 0 Å². The zero-order chi connectivity index (χ0) is 18.9. The van der Waals surface area contributed by atoms with Gasteiger partial charge in [-0.3, -0.25) is 4.79 Å². The molecular weight excluding hydrogens is 324 g/mol. The molecule has 136 valence electrons. The second kappa shape index (κ2) is 6.85. The average Bonchev–Trinajstić information content (AvgIpc) is 2.62. The second-order valence-corrected chi connectivity index (χ2v) is 13.6. The van der Waals surface area contributed by atoms with Crippen molar-refractivity contribution in [1.82, 2.24) is 4.90 Å². The van der Waals surface area contributed by atoms with E-state index in [0.29, 0.717) is 6.42 Å². The van der Waals surface area contributed by atoms with Gasteiger partial charge in [0.05, 0.1) is 18.5 Å². The monoisotopic (exact) mass is 354 g/mol. The van der Waals surface area contributed by atoms with Gasteiger partial charge in [-0.1, -0.05) is 20.8 Å². The molecule has 0 radical (unpaired) electrons. The van der Waals surface area contributed by atoms with E-state index in [1.165, 1.54) is 0 Å². The van der Waals surface area contributed by atoms with Crippen LogP contribution in [0.4, 0.5) is 4.79 Å². The Hall–Kier alpha value is -1.39. The molecule has 1 aliphatic heterocycles. The van der Waals surface area contributed by atoms with Gasteiger partial charge in [0.1, 0.15) is 11.7 Å². The summed E-state index contributed by atoms with van der Waals surface area (Å²) in [5.41, 5.74) is -0.701. The predicted octanol–water partition coefficient (Wildman–Crippen LogP) is 3.83. The third-order valence-electron chi connectivity index (χ3n) is 4.52. The number of ether oxygens (including phenoxy) is 1. The summed E-state index contributed by atoms with van der Waals surface area (Å²) in [6.45, 7) is 15.6. The van der Waals surface area contributed by atoms with Crippen molar-refractivity contribution in [1.29, 1.82) is 5.26 Å². The minimum absolute atomic E-state index is 0.0443. The second-order valence-electron chi connectivity index (χ2n) is 8.81. The van der Waals surface area contributed by atoms with Crippen molar-refractivity contribution < 1.29 is 18.8 Å². The Morgan fingerprint density at radius 3 is 2.25 bits per heavy atom. The van der Waals surface area contributed by atoms with Gasteiger partial charge >= 0.3 is 6.09 Å². The minimum atomic E-state index is -2.16. The van der Waals surface area contributed by atoms with Crippen LogP contribution in [0, 0.1) is 11.3 Å². The normalized spacial score (nSPS) is 22.5. The third kappa shape index (κ3) is 4.80. The maximum Gasteiger partial charge on any atom is 0.417 e. The summed E-state index contributed by atoms with van der Waals surface area (Å²) in [6, 6.07) is 1.55. The number of rotatable bonds is 3. The number of amides is 2. The van der Waals surface area contributed by atoms with Crippen LogP contribution < -0.4 is 0 Å². The molecule has 1 heterocycles. The van der Waals surface area contributed by atoms with Crippen LogP contribution in [0.5, 0.6) is 0 Å². The molecule has 0 bridgehead atoms. The van der Waals surface area contributed by atoms with Gasteiger partial charge in [-0.2, -0.15) is 5.26 Å². The highest BCUT2D eigenvalue weighted by Crippen LogP contribution is 2.39. The highest BCUT2D eigenvalue weighted by molar-refractivity contribution is 6.74. The molecule has 7 heteroatoms. The lowest BCUT2D eigenvalue weighted by Gasteiger charge is -2.37. The molecule has 2 amide bonds. The third-order valence-corrected chi connectivity index (χ3v) is 9.01. The molecule has 0 aromatic carbocycles. The van der Waals surface area contributed by atoms with E-state index in [1.54, 1.807) is 20.8 Å². The van der Waals surface area contributed by atoms with Gasteiger partial charge in [0, 0.05) is 6.42 Å². The number of nitriles is 1. The Morgan fingerprint density at radius 1 is 1.29 bits per heavy atom. The van der Waals surface area contributed by atoms with Crippen LogP contribution in [0.3, 0.4) is 0 Å². The molecule has 0 spiro atoms. The molecule has 0 N–H and O–H groups in total. The first kappa shape index (κ1) is 20.7. The summed E-state index contributed by atoms with van der Waals surface area (Å²) >= 11 is 0. The maximum absolute atomic E-state index is 12.7. The van der Waals surface area contributed by atoms with Crippen LogP contribution in [0.25, 0.3) is 0 Å².